The van der Waals surface area contributed by atoms with Gasteiger partial charge in [0, 0.05) is 24.5 Å². The number of halogens is 2. The second-order valence-electron chi connectivity index (χ2n) is 6.94. The van der Waals surface area contributed by atoms with Crippen LogP contribution < -0.4 is 0 Å². The van der Waals surface area contributed by atoms with E-state index in [0.717, 1.165) is 17.0 Å². The molecule has 0 aromatic heterocycles. The number of rotatable bonds is 4. The van der Waals surface area contributed by atoms with Gasteiger partial charge in [-0.15, -0.1) is 0 Å². The second kappa shape index (κ2) is 8.87. The van der Waals surface area contributed by atoms with E-state index >= 15 is 0 Å². The molecule has 0 spiro atoms. The number of aliphatic imine (C=N–C) groups is 1. The van der Waals surface area contributed by atoms with Gasteiger partial charge in [-0.25, -0.2) is 14.4 Å². The summed E-state index contributed by atoms with van der Waals surface area (Å²) in [4.78, 5) is 5.42. The molecular formula is C20H22ClFN4O3. The Kier molecular flexibility index (Phi) is 6.49. The Hall–Kier alpha value is -2.52. The molecule has 2 aromatic carbocycles. The van der Waals surface area contributed by atoms with Crippen LogP contribution in [0, 0.1) is 11.2 Å². The molecule has 1 aliphatic heterocycles. The fourth-order valence-electron chi connectivity index (χ4n) is 3.21. The number of β-amino-alcohol motifs (C(OH)–C–C–N with tert-alkyl or cyclic N) is 1. The zero-order valence-corrected chi connectivity index (χ0v) is 16.3. The summed E-state index contributed by atoms with van der Waals surface area (Å²) in [6, 6.07) is 12.3. The van der Waals surface area contributed by atoms with Crippen LogP contribution in [-0.4, -0.2) is 56.9 Å². The Morgan fingerprint density at radius 3 is 2.55 bits per heavy atom. The topological polar surface area (TPSA) is 103 Å². The molecule has 0 bridgehead atoms. The number of nitrogens with one attached hydrogen (secondary N) is 1. The first-order valence-electron chi connectivity index (χ1n) is 9.02. The molecule has 29 heavy (non-hydrogen) atoms. The van der Waals surface area contributed by atoms with Crippen molar-refractivity contribution in [2.45, 2.75) is 24.7 Å². The molecule has 7 nitrogen and oxygen atoms in total. The van der Waals surface area contributed by atoms with Crippen LogP contribution in [0.4, 0.5) is 4.39 Å². The van der Waals surface area contributed by atoms with Crippen LogP contribution >= 0.6 is 11.6 Å². The van der Waals surface area contributed by atoms with Gasteiger partial charge in [-0.05, 0) is 35.4 Å². The fourth-order valence-corrected chi connectivity index (χ4v) is 3.34. The highest BCUT2D eigenvalue weighted by molar-refractivity contribution is 6.30. The Labute approximate surface area is 172 Å². The summed E-state index contributed by atoms with van der Waals surface area (Å²) in [6.07, 6.45) is 0.0756. The summed E-state index contributed by atoms with van der Waals surface area (Å²) in [5.41, 5.74) is -0.288. The molecule has 0 amide bonds. The largest absolute Gasteiger partial charge is 0.388 e. The fraction of sp³-hybridized carbons (Fsp3) is 0.300. The lowest BCUT2D eigenvalue weighted by Crippen LogP contribution is -2.54. The maximum atomic E-state index is 13.1. The van der Waals surface area contributed by atoms with Gasteiger partial charge in [-0.3, -0.25) is 10.6 Å². The molecule has 9 heteroatoms. The van der Waals surface area contributed by atoms with Crippen molar-refractivity contribution in [2.75, 3.05) is 13.1 Å². The molecule has 0 radical (unpaired) electrons. The quantitative estimate of drug-likeness (QED) is 0.346. The van der Waals surface area contributed by atoms with Crippen LogP contribution in [0.1, 0.15) is 17.5 Å². The van der Waals surface area contributed by atoms with Crippen molar-refractivity contribution >= 4 is 23.9 Å². The van der Waals surface area contributed by atoms with Crippen molar-refractivity contribution in [3.05, 3.63) is 70.5 Å². The monoisotopic (exact) mass is 420 g/mol. The zero-order valence-electron chi connectivity index (χ0n) is 15.5. The van der Waals surface area contributed by atoms with Gasteiger partial charge < -0.3 is 15.1 Å². The van der Waals surface area contributed by atoms with E-state index < -0.39 is 17.5 Å². The Morgan fingerprint density at radius 1 is 1.28 bits per heavy atom. The van der Waals surface area contributed by atoms with Crippen molar-refractivity contribution in [1.29, 1.82) is 5.41 Å². The van der Waals surface area contributed by atoms with Crippen molar-refractivity contribution < 1.29 is 19.8 Å². The maximum Gasteiger partial charge on any atom is 0.219 e. The first-order valence-corrected chi connectivity index (χ1v) is 9.40. The minimum Gasteiger partial charge on any atom is -0.388 e. The normalized spacial score (nSPS) is 22.1. The van der Waals surface area contributed by atoms with Gasteiger partial charge in [0.15, 0.2) is 0 Å². The van der Waals surface area contributed by atoms with Crippen LogP contribution in [0.5, 0.6) is 0 Å². The Bertz CT molecular complexity index is 878. The third kappa shape index (κ3) is 5.10. The number of piperidine rings is 1. The SMILES string of the molecule is N=C(N=CN(O)Cc1ccc(Cl)cc1)N1CCC(O)(c2ccc(F)cc2)C(O)C1. The average molecular weight is 421 g/mol. The van der Waals surface area contributed by atoms with E-state index in [-0.39, 0.29) is 32.0 Å². The predicted molar refractivity (Wildman–Crippen MR) is 107 cm³/mol. The standard InChI is InChI=1S/C20H22ClFN4O3/c21-16-5-1-14(2-6-16)11-26(29)13-24-19(23)25-10-9-20(28,18(27)12-25)15-3-7-17(22)8-4-15/h1-8,13,18,23,27-29H,9-12H2. The summed E-state index contributed by atoms with van der Waals surface area (Å²) >= 11 is 5.82. The van der Waals surface area contributed by atoms with E-state index in [1.807, 2.05) is 0 Å². The number of aliphatic hydroxyl groups is 2. The van der Waals surface area contributed by atoms with Crippen molar-refractivity contribution in [3.63, 3.8) is 0 Å². The molecule has 2 unspecified atom stereocenters. The molecule has 3 rings (SSSR count). The van der Waals surface area contributed by atoms with E-state index in [1.165, 1.54) is 29.2 Å². The van der Waals surface area contributed by atoms with Crippen molar-refractivity contribution in [1.82, 2.24) is 9.96 Å². The summed E-state index contributed by atoms with van der Waals surface area (Å²) in [6.45, 7) is 0.414. The first kappa shape index (κ1) is 21.2. The Balaban J connectivity index is 1.57. The summed E-state index contributed by atoms with van der Waals surface area (Å²) < 4.78 is 13.1. The predicted octanol–water partition coefficient (Wildman–Crippen LogP) is 2.59. The van der Waals surface area contributed by atoms with E-state index in [0.29, 0.717) is 10.6 Å². The minimum atomic E-state index is -1.52. The van der Waals surface area contributed by atoms with E-state index in [1.54, 1.807) is 24.3 Å². The van der Waals surface area contributed by atoms with Gasteiger partial charge in [-0.1, -0.05) is 35.9 Å². The van der Waals surface area contributed by atoms with Crippen LogP contribution in [0.2, 0.25) is 5.02 Å². The average Bonchev–Trinajstić information content (AvgIpc) is 2.70. The van der Waals surface area contributed by atoms with E-state index in [4.69, 9.17) is 17.0 Å². The number of guanidine groups is 1. The molecule has 0 aliphatic carbocycles. The number of hydroxylamine groups is 2. The number of benzene rings is 2. The highest BCUT2D eigenvalue weighted by Gasteiger charge is 2.42. The molecule has 1 heterocycles. The highest BCUT2D eigenvalue weighted by atomic mass is 35.5. The highest BCUT2D eigenvalue weighted by Crippen LogP contribution is 2.33. The number of nitrogens with zero attached hydrogens (tertiary/aromatic N) is 3. The maximum absolute atomic E-state index is 13.1. The van der Waals surface area contributed by atoms with Crippen molar-refractivity contribution in [2.24, 2.45) is 4.99 Å². The van der Waals surface area contributed by atoms with Crippen LogP contribution in [-0.2, 0) is 12.1 Å². The lowest BCUT2D eigenvalue weighted by atomic mass is 9.82. The summed E-state index contributed by atoms with van der Waals surface area (Å²) in [7, 11) is 0. The smallest absolute Gasteiger partial charge is 0.219 e. The summed E-state index contributed by atoms with van der Waals surface area (Å²) in [5.74, 6) is -0.576. The van der Waals surface area contributed by atoms with E-state index in [9.17, 15) is 19.8 Å². The Morgan fingerprint density at radius 2 is 1.93 bits per heavy atom. The van der Waals surface area contributed by atoms with Gasteiger partial charge >= 0.3 is 0 Å². The molecule has 2 aromatic rings. The molecule has 154 valence electrons. The van der Waals surface area contributed by atoms with Gasteiger partial charge in [0.25, 0.3) is 0 Å². The van der Waals surface area contributed by atoms with Gasteiger partial charge in [0.2, 0.25) is 5.96 Å². The third-order valence-corrected chi connectivity index (χ3v) is 5.17. The minimum absolute atomic E-state index is 0.0212. The molecular weight excluding hydrogens is 399 g/mol. The zero-order chi connectivity index (χ0) is 21.0. The lowest BCUT2D eigenvalue weighted by molar-refractivity contribution is -0.114. The molecule has 4 N–H and O–H groups in total. The summed E-state index contributed by atoms with van der Waals surface area (Å²) in [5, 5.41) is 40.7. The molecule has 2 atom stereocenters. The van der Waals surface area contributed by atoms with Gasteiger partial charge in [-0.2, -0.15) is 0 Å². The van der Waals surface area contributed by atoms with Crippen LogP contribution in [0.15, 0.2) is 53.5 Å². The van der Waals surface area contributed by atoms with Crippen LogP contribution in [0.3, 0.4) is 0 Å². The number of hydrogen-bond acceptors (Lipinski definition) is 4. The van der Waals surface area contributed by atoms with Gasteiger partial charge in [0.1, 0.15) is 23.9 Å². The molecule has 1 fully saturated rings. The van der Waals surface area contributed by atoms with Crippen molar-refractivity contribution in [3.8, 4) is 0 Å². The first-order chi connectivity index (χ1) is 13.8. The number of aliphatic hydroxyl groups excluding tert-OH is 1. The third-order valence-electron chi connectivity index (χ3n) is 4.92. The molecule has 0 saturated carbocycles. The number of hydrogen-bond donors (Lipinski definition) is 4. The molecule has 1 aliphatic rings. The van der Waals surface area contributed by atoms with Gasteiger partial charge in [0.05, 0.1) is 6.54 Å². The second-order valence-corrected chi connectivity index (χ2v) is 7.37. The van der Waals surface area contributed by atoms with E-state index in [2.05, 4.69) is 4.99 Å². The van der Waals surface area contributed by atoms with Crippen LogP contribution in [0.25, 0.3) is 0 Å². The number of likely N-dealkylation sites (tertiary alicyclic amines) is 1. The lowest BCUT2D eigenvalue weighted by Gasteiger charge is -2.42. The molecule has 1 saturated heterocycles.